The van der Waals surface area contributed by atoms with Crippen LogP contribution in [0.2, 0.25) is 0 Å². The highest BCUT2D eigenvalue weighted by Gasteiger charge is 2.35. The van der Waals surface area contributed by atoms with Crippen LogP contribution in [0.5, 0.6) is 0 Å². The molecule has 24 heavy (non-hydrogen) atoms. The number of aliphatic hydroxyl groups is 2. The number of aliphatic hydroxyl groups excluding tert-OH is 2. The van der Waals surface area contributed by atoms with E-state index in [2.05, 4.69) is 25.3 Å². The van der Waals surface area contributed by atoms with Gasteiger partial charge in [-0.2, -0.15) is 4.68 Å². The lowest BCUT2D eigenvalue weighted by Gasteiger charge is -2.23. The lowest BCUT2D eigenvalue weighted by Crippen LogP contribution is -2.33. The number of para-hydroxylation sites is 1. The highest BCUT2D eigenvalue weighted by molar-refractivity contribution is 5.41. The topological polar surface area (TPSA) is 90.5 Å². The van der Waals surface area contributed by atoms with Gasteiger partial charge in [0.15, 0.2) is 0 Å². The van der Waals surface area contributed by atoms with Crippen LogP contribution in [0.25, 0.3) is 5.69 Å². The quantitative estimate of drug-likeness (QED) is 0.715. The van der Waals surface area contributed by atoms with Gasteiger partial charge in [0.05, 0.1) is 12.3 Å². The van der Waals surface area contributed by atoms with Gasteiger partial charge in [-0.15, -0.1) is 0 Å². The van der Waals surface area contributed by atoms with Crippen molar-refractivity contribution < 1.29 is 10.2 Å². The Bertz CT molecular complexity index is 635. The second kappa shape index (κ2) is 7.69. The number of nitrogens with zero attached hydrogens (tertiary/aromatic N) is 6. The molecule has 0 aliphatic carbocycles. The van der Waals surface area contributed by atoms with E-state index >= 15 is 0 Å². The van der Waals surface area contributed by atoms with Gasteiger partial charge in [0, 0.05) is 38.7 Å². The smallest absolute Gasteiger partial charge is 0.250 e. The average Bonchev–Trinajstić information content (AvgIpc) is 3.22. The van der Waals surface area contributed by atoms with Crippen molar-refractivity contribution in [2.45, 2.75) is 0 Å². The van der Waals surface area contributed by atoms with E-state index < -0.39 is 0 Å². The number of rotatable bonds is 7. The molecule has 130 valence electrons. The third-order valence-corrected chi connectivity index (χ3v) is 4.58. The molecule has 2 heterocycles. The average molecular weight is 332 g/mol. The first-order valence-corrected chi connectivity index (χ1v) is 8.22. The molecule has 1 aliphatic rings. The molecule has 1 aromatic carbocycles. The Hall–Kier alpha value is -2.03. The van der Waals surface area contributed by atoms with Gasteiger partial charge in [-0.05, 0) is 35.5 Å². The fourth-order valence-corrected chi connectivity index (χ4v) is 3.29. The molecule has 8 nitrogen and oxygen atoms in total. The molecule has 1 aliphatic heterocycles. The van der Waals surface area contributed by atoms with Gasteiger partial charge in [0.2, 0.25) is 5.95 Å². The molecule has 2 aromatic rings. The van der Waals surface area contributed by atoms with E-state index in [0.717, 1.165) is 25.3 Å². The van der Waals surface area contributed by atoms with Crippen LogP contribution in [-0.4, -0.2) is 81.8 Å². The molecule has 0 radical (unpaired) electrons. The van der Waals surface area contributed by atoms with Crippen LogP contribution in [0.1, 0.15) is 0 Å². The van der Waals surface area contributed by atoms with Gasteiger partial charge >= 0.3 is 0 Å². The Morgan fingerprint density at radius 1 is 1.17 bits per heavy atom. The van der Waals surface area contributed by atoms with Crippen LogP contribution in [0, 0.1) is 11.8 Å². The van der Waals surface area contributed by atoms with Crippen LogP contribution >= 0.6 is 0 Å². The zero-order chi connectivity index (χ0) is 16.9. The maximum atomic E-state index is 9.73. The number of hydrogen-bond acceptors (Lipinski definition) is 7. The number of hydrogen-bond donors (Lipinski definition) is 2. The van der Waals surface area contributed by atoms with Crippen LogP contribution in [-0.2, 0) is 0 Å². The van der Waals surface area contributed by atoms with E-state index in [1.165, 1.54) is 0 Å². The minimum atomic E-state index is 0.140. The molecule has 2 N–H and O–H groups in total. The summed E-state index contributed by atoms with van der Waals surface area (Å²) in [6.45, 7) is 3.26. The first kappa shape index (κ1) is 16.8. The highest BCUT2D eigenvalue weighted by atomic mass is 16.3. The number of tetrazole rings is 1. The molecule has 3 rings (SSSR count). The predicted octanol–water partition coefficient (Wildman–Crippen LogP) is -0.369. The molecule has 1 fully saturated rings. The van der Waals surface area contributed by atoms with Gasteiger partial charge in [0.1, 0.15) is 0 Å². The maximum absolute atomic E-state index is 9.73. The predicted molar refractivity (Wildman–Crippen MR) is 90.0 cm³/mol. The molecule has 0 unspecified atom stereocenters. The fraction of sp³-hybridized carbons (Fsp3) is 0.562. The van der Waals surface area contributed by atoms with Gasteiger partial charge in [-0.1, -0.05) is 23.3 Å². The Morgan fingerprint density at radius 3 is 2.62 bits per heavy atom. The monoisotopic (exact) mass is 332 g/mol. The summed E-state index contributed by atoms with van der Waals surface area (Å²) < 4.78 is 1.73. The summed E-state index contributed by atoms with van der Waals surface area (Å²) in [4.78, 5) is 4.22. The molecule has 8 heteroatoms. The second-order valence-corrected chi connectivity index (χ2v) is 6.32. The molecule has 0 spiro atoms. The number of likely N-dealkylation sites (N-methyl/N-ethyl adjacent to an activating group) is 1. The van der Waals surface area contributed by atoms with Crippen molar-refractivity contribution in [2.75, 3.05) is 51.3 Å². The first-order valence-electron chi connectivity index (χ1n) is 8.22. The fourth-order valence-electron chi connectivity index (χ4n) is 3.29. The number of anilines is 1. The van der Waals surface area contributed by atoms with Crippen molar-refractivity contribution in [3.05, 3.63) is 30.3 Å². The zero-order valence-corrected chi connectivity index (χ0v) is 13.9. The van der Waals surface area contributed by atoms with Crippen LogP contribution in [0.3, 0.4) is 0 Å². The minimum Gasteiger partial charge on any atom is -0.396 e. The van der Waals surface area contributed by atoms with Gasteiger partial charge in [-0.25, -0.2) is 0 Å². The third kappa shape index (κ3) is 3.55. The molecule has 2 atom stereocenters. The number of aromatic nitrogens is 4. The normalized spacial score (nSPS) is 20.9. The summed E-state index contributed by atoms with van der Waals surface area (Å²) in [5.41, 5.74) is 0.916. The summed E-state index contributed by atoms with van der Waals surface area (Å²) in [6, 6.07) is 9.79. The Labute approximate surface area is 141 Å². The van der Waals surface area contributed by atoms with Gasteiger partial charge in [0.25, 0.3) is 0 Å². The summed E-state index contributed by atoms with van der Waals surface area (Å²) in [5.74, 6) is 1.19. The largest absolute Gasteiger partial charge is 0.396 e. The summed E-state index contributed by atoms with van der Waals surface area (Å²) in [5, 5.41) is 30.9. The van der Waals surface area contributed by atoms with E-state index in [-0.39, 0.29) is 19.1 Å². The van der Waals surface area contributed by atoms with E-state index in [9.17, 15) is 5.11 Å². The van der Waals surface area contributed by atoms with Crippen molar-refractivity contribution in [3.8, 4) is 5.69 Å². The first-order chi connectivity index (χ1) is 11.7. The SMILES string of the molecule is CN(CCO)C[C@@H]1CN(c2nnnn2-c2ccccc2)C[C@@H]1CO. The Balaban J connectivity index is 1.76. The molecule has 1 saturated heterocycles. The second-order valence-electron chi connectivity index (χ2n) is 6.32. The van der Waals surface area contributed by atoms with E-state index in [1.807, 2.05) is 37.4 Å². The van der Waals surface area contributed by atoms with Crippen LogP contribution in [0.15, 0.2) is 30.3 Å². The zero-order valence-electron chi connectivity index (χ0n) is 13.9. The molecular formula is C16H24N6O2. The third-order valence-electron chi connectivity index (χ3n) is 4.58. The van der Waals surface area contributed by atoms with Gasteiger partial charge in [-0.3, -0.25) is 0 Å². The lowest BCUT2D eigenvalue weighted by atomic mass is 9.96. The van der Waals surface area contributed by atoms with E-state index in [4.69, 9.17) is 5.11 Å². The minimum absolute atomic E-state index is 0.140. The summed E-state index contributed by atoms with van der Waals surface area (Å²) in [7, 11) is 1.99. The number of benzene rings is 1. The molecule has 0 bridgehead atoms. The maximum Gasteiger partial charge on any atom is 0.250 e. The summed E-state index contributed by atoms with van der Waals surface area (Å²) in [6.07, 6.45) is 0. The van der Waals surface area contributed by atoms with Crippen molar-refractivity contribution >= 4 is 5.95 Å². The van der Waals surface area contributed by atoms with Crippen molar-refractivity contribution in [3.63, 3.8) is 0 Å². The summed E-state index contributed by atoms with van der Waals surface area (Å²) >= 11 is 0. The molecule has 1 aromatic heterocycles. The van der Waals surface area contributed by atoms with Crippen LogP contribution < -0.4 is 4.90 Å². The van der Waals surface area contributed by atoms with Crippen LogP contribution in [0.4, 0.5) is 5.95 Å². The molecule has 0 saturated carbocycles. The standard InChI is InChI=1S/C16H24N6O2/c1-20(7-8-23)9-13-10-21(11-14(13)12-24)16-17-18-19-22(16)15-5-3-2-4-6-15/h2-6,13-14,23-24H,7-12H2,1H3/t13-,14-/m1/s1. The lowest BCUT2D eigenvalue weighted by molar-refractivity contribution is 0.160. The van der Waals surface area contributed by atoms with E-state index in [0.29, 0.717) is 18.4 Å². The Morgan fingerprint density at radius 2 is 1.92 bits per heavy atom. The van der Waals surface area contributed by atoms with Crippen molar-refractivity contribution in [1.82, 2.24) is 25.1 Å². The Kier molecular flexibility index (Phi) is 5.39. The highest BCUT2D eigenvalue weighted by Crippen LogP contribution is 2.28. The van der Waals surface area contributed by atoms with Crippen molar-refractivity contribution in [1.29, 1.82) is 0 Å². The van der Waals surface area contributed by atoms with E-state index in [1.54, 1.807) is 4.68 Å². The molecular weight excluding hydrogens is 308 g/mol. The van der Waals surface area contributed by atoms with Gasteiger partial charge < -0.3 is 20.0 Å². The van der Waals surface area contributed by atoms with Crippen molar-refractivity contribution in [2.24, 2.45) is 11.8 Å². The molecule has 0 amide bonds.